The molecule has 0 radical (unpaired) electrons. The molecule has 4 aromatic rings. The number of hydrogen-bond acceptors (Lipinski definition) is 9. The number of fused-ring (bicyclic) bond motifs is 1. The molecule has 0 bridgehead atoms. The molecule has 0 saturated carbocycles. The van der Waals surface area contributed by atoms with E-state index < -0.39 is 35.0 Å². The zero-order chi connectivity index (χ0) is 35.6. The summed E-state index contributed by atoms with van der Waals surface area (Å²) in [5.41, 5.74) is -0.629. The van der Waals surface area contributed by atoms with E-state index in [0.717, 1.165) is 12.1 Å². The number of rotatable bonds is 19. The molecule has 16 heteroatoms. The quantitative estimate of drug-likeness (QED) is 0.104. The maximum Gasteiger partial charge on any atom is 0.416 e. The number of imidazole rings is 1. The highest BCUT2D eigenvalue weighted by Gasteiger charge is 2.31. The van der Waals surface area contributed by atoms with Gasteiger partial charge in [0.1, 0.15) is 12.4 Å². The zero-order valence-electron chi connectivity index (χ0n) is 28.2. The number of esters is 1. The van der Waals surface area contributed by atoms with Gasteiger partial charge in [0.15, 0.2) is 11.2 Å². The molecule has 268 valence electrons. The van der Waals surface area contributed by atoms with Crippen molar-refractivity contribution in [2.75, 3.05) is 46.8 Å². The van der Waals surface area contributed by atoms with Crippen LogP contribution in [0.3, 0.4) is 0 Å². The predicted octanol–water partition coefficient (Wildman–Crippen LogP) is 4.28. The van der Waals surface area contributed by atoms with Gasteiger partial charge in [-0.05, 0) is 37.5 Å². The van der Waals surface area contributed by atoms with E-state index in [1.807, 2.05) is 13.8 Å². The highest BCUT2D eigenvalue weighted by atomic mass is 19.4. The van der Waals surface area contributed by atoms with Crippen molar-refractivity contribution in [1.82, 2.24) is 28.5 Å². The molecule has 49 heavy (non-hydrogen) atoms. The lowest BCUT2D eigenvalue weighted by molar-refractivity contribution is -0.146. The predicted molar refractivity (Wildman–Crippen MR) is 174 cm³/mol. The normalized spacial score (nSPS) is 12.6. The van der Waals surface area contributed by atoms with Crippen LogP contribution < -0.4 is 11.2 Å². The summed E-state index contributed by atoms with van der Waals surface area (Å²) in [5, 5.41) is 4.36. The summed E-state index contributed by atoms with van der Waals surface area (Å²) < 4.78 is 66.8. The van der Waals surface area contributed by atoms with Gasteiger partial charge in [0.2, 0.25) is 0 Å². The van der Waals surface area contributed by atoms with Crippen molar-refractivity contribution in [3.05, 3.63) is 68.6 Å². The Morgan fingerprint density at radius 3 is 2.35 bits per heavy atom. The van der Waals surface area contributed by atoms with Crippen molar-refractivity contribution in [1.29, 1.82) is 0 Å². The Kier molecular flexibility index (Phi) is 13.3. The Balaban J connectivity index is 1.66. The van der Waals surface area contributed by atoms with Crippen LogP contribution in [0.2, 0.25) is 0 Å². The van der Waals surface area contributed by atoms with Gasteiger partial charge in [-0.15, -0.1) is 0 Å². The summed E-state index contributed by atoms with van der Waals surface area (Å²) in [6, 6.07) is 4.38. The summed E-state index contributed by atoms with van der Waals surface area (Å²) in [7, 11) is 1.58. The highest BCUT2D eigenvalue weighted by Crippen LogP contribution is 2.31. The fourth-order valence-corrected chi connectivity index (χ4v) is 5.47. The molecule has 0 fully saturated rings. The van der Waals surface area contributed by atoms with Crippen LogP contribution in [-0.2, 0) is 49.6 Å². The minimum atomic E-state index is -4.49. The Morgan fingerprint density at radius 2 is 1.69 bits per heavy atom. The van der Waals surface area contributed by atoms with Crippen LogP contribution in [0.5, 0.6) is 0 Å². The minimum absolute atomic E-state index is 0.0197. The number of hydrogen-bond donors (Lipinski definition) is 0. The maximum absolute atomic E-state index is 13.9. The Morgan fingerprint density at radius 1 is 0.980 bits per heavy atom. The first-order valence-corrected chi connectivity index (χ1v) is 16.3. The number of alkyl halides is 3. The molecule has 0 aliphatic carbocycles. The second-order valence-electron chi connectivity index (χ2n) is 11.3. The number of methoxy groups -OCH3 is 1. The molecule has 1 atom stereocenters. The Labute approximate surface area is 281 Å². The monoisotopic (exact) mass is 692 g/mol. The van der Waals surface area contributed by atoms with Crippen LogP contribution in [0.1, 0.15) is 57.2 Å². The van der Waals surface area contributed by atoms with Crippen LogP contribution in [-0.4, -0.2) is 81.2 Å². The van der Waals surface area contributed by atoms with E-state index in [2.05, 4.69) is 5.10 Å². The lowest BCUT2D eigenvalue weighted by Crippen LogP contribution is -2.40. The van der Waals surface area contributed by atoms with E-state index in [9.17, 15) is 27.6 Å². The van der Waals surface area contributed by atoms with Gasteiger partial charge in [0, 0.05) is 32.4 Å². The second kappa shape index (κ2) is 17.4. The fourth-order valence-electron chi connectivity index (χ4n) is 5.47. The molecule has 3 heterocycles. The maximum atomic E-state index is 13.9. The molecule has 0 aliphatic heterocycles. The van der Waals surface area contributed by atoms with E-state index in [1.165, 1.54) is 26.1 Å². The third kappa shape index (κ3) is 9.25. The third-order valence-corrected chi connectivity index (χ3v) is 7.84. The molecule has 13 nitrogen and oxygen atoms in total. The molecule has 1 unspecified atom stereocenters. The molecule has 3 aromatic heterocycles. The van der Waals surface area contributed by atoms with Crippen LogP contribution in [0.4, 0.5) is 13.2 Å². The zero-order valence-corrected chi connectivity index (χ0v) is 28.2. The summed E-state index contributed by atoms with van der Waals surface area (Å²) in [4.78, 5) is 45.1. The molecular formula is C33H43F3N6O7. The number of carbonyl (C=O) groups is 1. The molecule has 0 aliphatic rings. The SMILES string of the molecule is CCCn1c(=O)c2c(nc(-c3cnn(Cc4cccc(C(F)(F)F)c4)c3)n2C(CC)CC(=O)OCCOCCOCCOC)n(CC)c1=O. The van der Waals surface area contributed by atoms with Crippen LogP contribution >= 0.6 is 0 Å². The molecule has 4 rings (SSSR count). The van der Waals surface area contributed by atoms with Crippen LogP contribution in [0, 0.1) is 0 Å². The van der Waals surface area contributed by atoms with Crippen molar-refractivity contribution in [3.63, 3.8) is 0 Å². The van der Waals surface area contributed by atoms with Gasteiger partial charge < -0.3 is 23.5 Å². The largest absolute Gasteiger partial charge is 0.463 e. The lowest BCUT2D eigenvalue weighted by Gasteiger charge is -2.20. The molecule has 0 spiro atoms. The topological polar surface area (TPSA) is 134 Å². The molecule has 0 amide bonds. The molecular weight excluding hydrogens is 649 g/mol. The van der Waals surface area contributed by atoms with Gasteiger partial charge in [-0.2, -0.15) is 18.3 Å². The highest BCUT2D eigenvalue weighted by molar-refractivity contribution is 5.78. The van der Waals surface area contributed by atoms with Crippen LogP contribution in [0.15, 0.2) is 46.2 Å². The van der Waals surface area contributed by atoms with Gasteiger partial charge >= 0.3 is 17.8 Å². The summed E-state index contributed by atoms with van der Waals surface area (Å²) in [6.07, 6.45) is -0.549. The fraction of sp³-hybridized carbons (Fsp3) is 0.545. The van der Waals surface area contributed by atoms with Gasteiger partial charge in [0.25, 0.3) is 5.56 Å². The van der Waals surface area contributed by atoms with E-state index in [4.69, 9.17) is 23.9 Å². The number of aryl methyl sites for hydroxylation is 1. The van der Waals surface area contributed by atoms with Gasteiger partial charge in [-0.3, -0.25) is 23.4 Å². The summed E-state index contributed by atoms with van der Waals surface area (Å²) in [6.45, 7) is 7.79. The molecule has 0 N–H and O–H groups in total. The Bertz CT molecular complexity index is 1810. The third-order valence-electron chi connectivity index (χ3n) is 7.84. The number of benzene rings is 1. The van der Waals surface area contributed by atoms with Crippen molar-refractivity contribution in [2.45, 2.75) is 71.9 Å². The van der Waals surface area contributed by atoms with E-state index in [1.54, 1.807) is 30.9 Å². The number of aromatic nitrogens is 6. The number of ether oxygens (including phenoxy) is 4. The number of halogens is 3. The van der Waals surface area contributed by atoms with E-state index >= 15 is 0 Å². The first kappa shape index (κ1) is 37.5. The van der Waals surface area contributed by atoms with E-state index in [-0.39, 0.29) is 56.3 Å². The standard InChI is InChI=1S/C33H43F3N6O7/c1-5-11-41-31(44)28-30(40(7-3)32(41)45)38-29(24-20-37-39(22-24)21-23-9-8-10-25(18-23)33(34,35)36)42(28)26(6-2)19-27(43)49-17-16-48-15-14-47-13-12-46-4/h8-10,18,20,22,26H,5-7,11-17,19,21H2,1-4H3. The number of nitrogens with zero attached hydrogens (tertiary/aromatic N) is 6. The van der Waals surface area contributed by atoms with Crippen molar-refractivity contribution >= 4 is 17.1 Å². The first-order chi connectivity index (χ1) is 23.5. The van der Waals surface area contributed by atoms with Gasteiger partial charge in [-0.25, -0.2) is 9.78 Å². The smallest absolute Gasteiger partial charge is 0.416 e. The van der Waals surface area contributed by atoms with E-state index in [0.29, 0.717) is 50.4 Å². The summed E-state index contributed by atoms with van der Waals surface area (Å²) >= 11 is 0. The number of carbonyl (C=O) groups excluding carboxylic acids is 1. The lowest BCUT2D eigenvalue weighted by atomic mass is 10.1. The minimum Gasteiger partial charge on any atom is -0.463 e. The molecule has 1 aromatic carbocycles. The average Bonchev–Trinajstić information content (AvgIpc) is 3.70. The van der Waals surface area contributed by atoms with Gasteiger partial charge in [0.05, 0.1) is 63.3 Å². The van der Waals surface area contributed by atoms with Crippen molar-refractivity contribution < 1.29 is 36.9 Å². The van der Waals surface area contributed by atoms with Crippen molar-refractivity contribution in [3.8, 4) is 11.4 Å². The Hall–Kier alpha value is -4.28. The first-order valence-electron chi connectivity index (χ1n) is 16.3. The van der Waals surface area contributed by atoms with Crippen LogP contribution in [0.25, 0.3) is 22.6 Å². The second-order valence-corrected chi connectivity index (χ2v) is 11.3. The average molecular weight is 693 g/mol. The van der Waals surface area contributed by atoms with Gasteiger partial charge in [-0.1, -0.05) is 26.0 Å². The van der Waals surface area contributed by atoms with Crippen molar-refractivity contribution in [2.24, 2.45) is 0 Å². The molecule has 0 saturated heterocycles. The summed E-state index contributed by atoms with van der Waals surface area (Å²) in [5.74, 6) is -0.229.